The Morgan fingerprint density at radius 3 is 2.63 bits per heavy atom. The first-order chi connectivity index (χ1) is 9.06. The summed E-state index contributed by atoms with van der Waals surface area (Å²) < 4.78 is 5.57. The molecule has 0 bridgehead atoms. The Balaban J connectivity index is 2.02. The molecule has 0 aliphatic heterocycles. The first-order valence-electron chi connectivity index (χ1n) is 6.33. The zero-order valence-corrected chi connectivity index (χ0v) is 11.9. The minimum absolute atomic E-state index is 0.691. The second kappa shape index (κ2) is 5.84. The van der Waals surface area contributed by atoms with Crippen molar-refractivity contribution < 1.29 is 4.42 Å². The van der Waals surface area contributed by atoms with Crippen LogP contribution < -0.4 is 5.32 Å². The minimum Gasteiger partial charge on any atom is -0.465 e. The average Bonchev–Trinajstić information content (AvgIpc) is 2.73. The molecular weight excluding hydrogens is 240 g/mol. The highest BCUT2D eigenvalue weighted by atomic mass is 16.3. The van der Waals surface area contributed by atoms with Gasteiger partial charge in [0.1, 0.15) is 23.2 Å². The highest BCUT2D eigenvalue weighted by Gasteiger charge is 2.08. The molecule has 0 unspecified atom stereocenters. The predicted octanol–water partition coefficient (Wildman–Crippen LogP) is 2.36. The van der Waals surface area contributed by atoms with Gasteiger partial charge < -0.3 is 9.73 Å². The van der Waals surface area contributed by atoms with Crippen LogP contribution in [0.3, 0.4) is 0 Å². The molecule has 0 saturated heterocycles. The summed E-state index contributed by atoms with van der Waals surface area (Å²) in [4.78, 5) is 11.0. The van der Waals surface area contributed by atoms with Crippen molar-refractivity contribution in [2.24, 2.45) is 0 Å². The number of anilines is 1. The van der Waals surface area contributed by atoms with E-state index in [0.717, 1.165) is 35.4 Å². The third-order valence-corrected chi connectivity index (χ3v) is 2.79. The molecule has 2 heterocycles. The molecule has 0 aliphatic rings. The summed E-state index contributed by atoms with van der Waals surface area (Å²) in [6, 6.07) is 5.91. The van der Waals surface area contributed by atoms with Crippen LogP contribution in [0.25, 0.3) is 0 Å². The fourth-order valence-corrected chi connectivity index (χ4v) is 1.96. The molecule has 2 aromatic heterocycles. The Bertz CT molecular complexity index is 550. The van der Waals surface area contributed by atoms with Crippen LogP contribution in [-0.2, 0) is 13.1 Å². The Hall–Kier alpha value is -1.88. The minimum atomic E-state index is 0.691. The van der Waals surface area contributed by atoms with Crippen LogP contribution in [-0.4, -0.2) is 29.0 Å². The molecule has 0 atom stereocenters. The summed E-state index contributed by atoms with van der Waals surface area (Å²) in [6.45, 7) is 5.37. The predicted molar refractivity (Wildman–Crippen MR) is 74.9 cm³/mol. The van der Waals surface area contributed by atoms with Gasteiger partial charge in [-0.1, -0.05) is 0 Å². The van der Waals surface area contributed by atoms with Crippen LogP contribution in [0.2, 0.25) is 0 Å². The molecule has 5 heteroatoms. The van der Waals surface area contributed by atoms with Gasteiger partial charge in [-0.2, -0.15) is 0 Å². The Morgan fingerprint density at radius 1 is 1.21 bits per heavy atom. The molecule has 102 valence electrons. The van der Waals surface area contributed by atoms with Crippen molar-refractivity contribution in [3.63, 3.8) is 0 Å². The van der Waals surface area contributed by atoms with E-state index >= 15 is 0 Å². The van der Waals surface area contributed by atoms with E-state index in [2.05, 4.69) is 20.2 Å². The van der Waals surface area contributed by atoms with E-state index in [0.29, 0.717) is 6.54 Å². The van der Waals surface area contributed by atoms with Crippen molar-refractivity contribution in [3.05, 3.63) is 41.2 Å². The Kier molecular flexibility index (Phi) is 4.16. The second-order valence-electron chi connectivity index (χ2n) is 4.75. The summed E-state index contributed by atoms with van der Waals surface area (Å²) in [5.41, 5.74) is 0.969. The topological polar surface area (TPSA) is 54.2 Å². The fourth-order valence-electron chi connectivity index (χ4n) is 1.96. The molecule has 0 spiro atoms. The van der Waals surface area contributed by atoms with Gasteiger partial charge >= 0.3 is 0 Å². The number of nitrogens with zero attached hydrogens (tertiary/aromatic N) is 3. The molecule has 19 heavy (non-hydrogen) atoms. The van der Waals surface area contributed by atoms with Crippen LogP contribution in [0.4, 0.5) is 5.82 Å². The first-order valence-corrected chi connectivity index (χ1v) is 6.33. The fraction of sp³-hybridized carbons (Fsp3) is 0.429. The smallest absolute Gasteiger partial charge is 0.144 e. The molecule has 2 aromatic rings. The lowest BCUT2D eigenvalue weighted by molar-refractivity contribution is 0.279. The molecular formula is C14H20N4O. The summed E-state index contributed by atoms with van der Waals surface area (Å²) in [5, 5.41) is 3.05. The monoisotopic (exact) mass is 260 g/mol. The molecule has 0 radical (unpaired) electrons. The molecule has 1 N–H and O–H groups in total. The van der Waals surface area contributed by atoms with Crippen molar-refractivity contribution in [1.82, 2.24) is 14.9 Å². The van der Waals surface area contributed by atoms with Gasteiger partial charge in [-0.05, 0) is 33.0 Å². The van der Waals surface area contributed by atoms with Gasteiger partial charge in [-0.15, -0.1) is 0 Å². The van der Waals surface area contributed by atoms with E-state index in [1.54, 1.807) is 0 Å². The number of hydrogen-bond donors (Lipinski definition) is 1. The van der Waals surface area contributed by atoms with E-state index in [-0.39, 0.29) is 0 Å². The normalized spacial score (nSPS) is 11.0. The van der Waals surface area contributed by atoms with Gasteiger partial charge in [-0.3, -0.25) is 4.90 Å². The van der Waals surface area contributed by atoms with Crippen LogP contribution in [0.5, 0.6) is 0 Å². The molecule has 0 fully saturated rings. The summed E-state index contributed by atoms with van der Waals surface area (Å²) in [6.07, 6.45) is 0. The number of hydrogen-bond acceptors (Lipinski definition) is 5. The van der Waals surface area contributed by atoms with E-state index in [1.165, 1.54) is 0 Å². The Labute approximate surface area is 113 Å². The number of rotatable bonds is 5. The van der Waals surface area contributed by atoms with Gasteiger partial charge in [0.15, 0.2) is 0 Å². The molecule has 5 nitrogen and oxygen atoms in total. The number of aromatic nitrogens is 2. The average molecular weight is 260 g/mol. The zero-order chi connectivity index (χ0) is 13.8. The molecule has 0 aromatic carbocycles. The van der Waals surface area contributed by atoms with Gasteiger partial charge in [0.2, 0.25) is 0 Å². The summed E-state index contributed by atoms with van der Waals surface area (Å²) in [7, 11) is 3.89. The van der Waals surface area contributed by atoms with Gasteiger partial charge in [0, 0.05) is 18.8 Å². The van der Waals surface area contributed by atoms with E-state index < -0.39 is 0 Å². The molecule has 0 saturated carbocycles. The third-order valence-electron chi connectivity index (χ3n) is 2.79. The standard InChI is InChI=1S/C14H20N4O/c1-10-7-13(15-3)17-14(16-10)9-18(4)8-12-6-5-11(2)19-12/h5-7H,8-9H2,1-4H3,(H,15,16,17). The SMILES string of the molecule is CNc1cc(C)nc(CN(C)Cc2ccc(C)o2)n1. The number of nitrogens with one attached hydrogen (secondary N) is 1. The van der Waals surface area contributed by atoms with Crippen LogP contribution >= 0.6 is 0 Å². The molecule has 2 rings (SSSR count). The number of aryl methyl sites for hydroxylation is 2. The van der Waals surface area contributed by atoms with Gasteiger partial charge in [0.25, 0.3) is 0 Å². The highest BCUT2D eigenvalue weighted by Crippen LogP contribution is 2.11. The van der Waals surface area contributed by atoms with Gasteiger partial charge in [-0.25, -0.2) is 9.97 Å². The Morgan fingerprint density at radius 2 is 2.00 bits per heavy atom. The van der Waals surface area contributed by atoms with Gasteiger partial charge in [0.05, 0.1) is 13.1 Å². The van der Waals surface area contributed by atoms with E-state index in [9.17, 15) is 0 Å². The van der Waals surface area contributed by atoms with Crippen molar-refractivity contribution in [3.8, 4) is 0 Å². The first kappa shape index (κ1) is 13.5. The van der Waals surface area contributed by atoms with Crippen molar-refractivity contribution in [2.45, 2.75) is 26.9 Å². The zero-order valence-electron chi connectivity index (χ0n) is 11.9. The lowest BCUT2D eigenvalue weighted by Gasteiger charge is -2.14. The lowest BCUT2D eigenvalue weighted by atomic mass is 10.3. The molecule has 0 aliphatic carbocycles. The maximum atomic E-state index is 5.57. The maximum absolute atomic E-state index is 5.57. The molecule has 0 amide bonds. The largest absolute Gasteiger partial charge is 0.465 e. The summed E-state index contributed by atoms with van der Waals surface area (Å²) >= 11 is 0. The number of furan rings is 1. The lowest BCUT2D eigenvalue weighted by Crippen LogP contribution is -2.19. The van der Waals surface area contributed by atoms with Crippen LogP contribution in [0, 0.1) is 13.8 Å². The third kappa shape index (κ3) is 3.79. The van der Waals surface area contributed by atoms with Crippen molar-refractivity contribution in [2.75, 3.05) is 19.4 Å². The van der Waals surface area contributed by atoms with Crippen LogP contribution in [0.15, 0.2) is 22.6 Å². The van der Waals surface area contributed by atoms with Crippen LogP contribution in [0.1, 0.15) is 23.0 Å². The maximum Gasteiger partial charge on any atom is 0.144 e. The van der Waals surface area contributed by atoms with Crippen molar-refractivity contribution >= 4 is 5.82 Å². The second-order valence-corrected chi connectivity index (χ2v) is 4.75. The van der Waals surface area contributed by atoms with E-state index in [1.807, 2.05) is 46.1 Å². The van der Waals surface area contributed by atoms with E-state index in [4.69, 9.17) is 4.42 Å². The highest BCUT2D eigenvalue weighted by molar-refractivity contribution is 5.34. The summed E-state index contributed by atoms with van der Waals surface area (Å²) in [5.74, 6) is 3.56. The van der Waals surface area contributed by atoms with Crippen molar-refractivity contribution in [1.29, 1.82) is 0 Å². The quantitative estimate of drug-likeness (QED) is 0.894.